The van der Waals surface area contributed by atoms with Crippen LogP contribution in [0.25, 0.3) is 106 Å². The highest BCUT2D eigenvalue weighted by molar-refractivity contribution is 6.23. The molecule has 0 amide bonds. The maximum Gasteiger partial charge on any atom is 0.0547 e. The zero-order valence-electron chi connectivity index (χ0n) is 40.3. The summed E-state index contributed by atoms with van der Waals surface area (Å²) in [7, 11) is 0. The first kappa shape index (κ1) is 43.4. The average molecular weight is 883 g/mol. The molecule has 0 fully saturated rings. The van der Waals surface area contributed by atoms with Gasteiger partial charge in [-0.15, -0.1) is 0 Å². The lowest BCUT2D eigenvalue weighted by atomic mass is 9.88. The number of para-hydroxylation sites is 2. The first-order valence-electron chi connectivity index (χ1n) is 25.4. The standard InChI is InChI=1S/C66H62N2/c1-5-8-10-12-25-51-45(4)33-39-56-52(26-13-11-9-6-2)48(36-40-55(51)56)34-35-50-44-63(67-59-31-20-18-29-57(59)65-53-27-16-14-23-46(53)37-41-61(65)67)49(22-7-3)43-64(50)68-60-32-21-19-30-58(60)66-54-28-17-15-24-47(54)38-42-62(66)68/h7,14-24,27-44H,5-6,8-13,25-26H2,1-4H3/b22-7+,35-34+. The first-order chi connectivity index (χ1) is 33.6. The molecule has 336 valence electrons. The Labute approximate surface area is 401 Å². The number of hydrogen-bond donors (Lipinski definition) is 0. The maximum atomic E-state index is 2.53. The molecule has 0 atom stereocenters. The van der Waals surface area contributed by atoms with E-state index < -0.39 is 0 Å². The van der Waals surface area contributed by atoms with Crippen molar-refractivity contribution in [2.75, 3.05) is 0 Å². The highest BCUT2D eigenvalue weighted by atomic mass is 15.0. The highest BCUT2D eigenvalue weighted by Crippen LogP contribution is 2.42. The van der Waals surface area contributed by atoms with Crippen molar-refractivity contribution in [3.05, 3.63) is 197 Å². The van der Waals surface area contributed by atoms with Gasteiger partial charge in [-0.1, -0.05) is 198 Å². The molecule has 0 saturated heterocycles. The average Bonchev–Trinajstić information content (AvgIpc) is 3.90. The third-order valence-electron chi connectivity index (χ3n) is 14.8. The summed E-state index contributed by atoms with van der Waals surface area (Å²) in [5.41, 5.74) is 15.3. The van der Waals surface area contributed by atoms with Crippen molar-refractivity contribution in [2.45, 2.75) is 91.9 Å². The fourth-order valence-corrected chi connectivity index (χ4v) is 11.5. The van der Waals surface area contributed by atoms with Gasteiger partial charge in [-0.3, -0.25) is 0 Å². The monoisotopic (exact) mass is 882 g/mol. The Kier molecular flexibility index (Phi) is 12.0. The van der Waals surface area contributed by atoms with Gasteiger partial charge in [0, 0.05) is 32.7 Å². The maximum absolute atomic E-state index is 2.53. The molecule has 2 nitrogen and oxygen atoms in total. The van der Waals surface area contributed by atoms with Gasteiger partial charge in [0.05, 0.1) is 33.4 Å². The molecule has 0 N–H and O–H groups in total. The summed E-state index contributed by atoms with van der Waals surface area (Å²) in [4.78, 5) is 0. The molecule has 0 spiro atoms. The van der Waals surface area contributed by atoms with Crippen molar-refractivity contribution in [3.8, 4) is 11.4 Å². The summed E-state index contributed by atoms with van der Waals surface area (Å²) < 4.78 is 5.05. The van der Waals surface area contributed by atoms with Crippen LogP contribution in [0.2, 0.25) is 0 Å². The molecule has 0 unspecified atom stereocenters. The number of allylic oxidation sites excluding steroid dienone is 1. The number of aromatic nitrogens is 2. The van der Waals surface area contributed by atoms with Gasteiger partial charge in [0.2, 0.25) is 0 Å². The summed E-state index contributed by atoms with van der Waals surface area (Å²) in [6, 6.07) is 59.5. The van der Waals surface area contributed by atoms with Crippen LogP contribution in [-0.4, -0.2) is 9.13 Å². The van der Waals surface area contributed by atoms with Gasteiger partial charge in [-0.2, -0.15) is 0 Å². The van der Waals surface area contributed by atoms with E-state index in [0.29, 0.717) is 0 Å². The highest BCUT2D eigenvalue weighted by Gasteiger charge is 2.22. The van der Waals surface area contributed by atoms with Crippen LogP contribution in [0, 0.1) is 6.92 Å². The molecule has 0 aliphatic carbocycles. The van der Waals surface area contributed by atoms with Crippen molar-refractivity contribution in [2.24, 2.45) is 0 Å². The molecule has 0 saturated carbocycles. The fourth-order valence-electron chi connectivity index (χ4n) is 11.5. The van der Waals surface area contributed by atoms with E-state index in [1.165, 1.54) is 172 Å². The van der Waals surface area contributed by atoms with Crippen LogP contribution in [-0.2, 0) is 12.8 Å². The van der Waals surface area contributed by atoms with E-state index in [4.69, 9.17) is 0 Å². The largest absolute Gasteiger partial charge is 0.309 e. The second kappa shape index (κ2) is 18.8. The minimum absolute atomic E-state index is 1.07. The smallest absolute Gasteiger partial charge is 0.0547 e. The van der Waals surface area contributed by atoms with Crippen molar-refractivity contribution in [3.63, 3.8) is 0 Å². The van der Waals surface area contributed by atoms with Crippen molar-refractivity contribution in [1.29, 1.82) is 0 Å². The van der Waals surface area contributed by atoms with Crippen LogP contribution < -0.4 is 0 Å². The van der Waals surface area contributed by atoms with Gasteiger partial charge >= 0.3 is 0 Å². The molecule has 0 aliphatic rings. The topological polar surface area (TPSA) is 9.86 Å². The number of rotatable bonds is 15. The molecule has 11 aromatic rings. The Bertz CT molecular complexity index is 3740. The van der Waals surface area contributed by atoms with Crippen LogP contribution in [0.4, 0.5) is 0 Å². The summed E-state index contributed by atoms with van der Waals surface area (Å²) in [6.07, 6.45) is 21.6. The second-order valence-electron chi connectivity index (χ2n) is 19.1. The molecule has 2 aromatic heterocycles. The lowest BCUT2D eigenvalue weighted by molar-refractivity contribution is 0.666. The zero-order valence-corrected chi connectivity index (χ0v) is 40.3. The Morgan fingerprint density at radius 1 is 0.382 bits per heavy atom. The molecule has 0 bridgehead atoms. The van der Waals surface area contributed by atoms with E-state index in [9.17, 15) is 0 Å². The molecular formula is C66H62N2. The number of benzene rings is 9. The Balaban J connectivity index is 1.19. The van der Waals surface area contributed by atoms with E-state index in [-0.39, 0.29) is 0 Å². The van der Waals surface area contributed by atoms with Gasteiger partial charge in [0.1, 0.15) is 0 Å². The zero-order chi connectivity index (χ0) is 46.1. The van der Waals surface area contributed by atoms with Crippen LogP contribution in [0.1, 0.15) is 106 Å². The van der Waals surface area contributed by atoms with Gasteiger partial charge in [0.15, 0.2) is 0 Å². The predicted octanol–water partition coefficient (Wildman–Crippen LogP) is 19.1. The molecule has 0 aliphatic heterocycles. The minimum atomic E-state index is 1.07. The SMILES string of the molecule is C/C=C/c1cc(-n2c3ccccc3c3c4ccccc4ccc32)c(/C=C/c2ccc3c(CCCCCC)c(C)ccc3c2CCCCCC)cc1-n1c2ccccc2c2c3ccccc3ccc21. The molecular weight excluding hydrogens is 821 g/mol. The number of fused-ring (bicyclic) bond motifs is 11. The number of hydrogen-bond acceptors (Lipinski definition) is 0. The molecule has 0 radical (unpaired) electrons. The second-order valence-corrected chi connectivity index (χ2v) is 19.1. The van der Waals surface area contributed by atoms with Gasteiger partial charge in [0.25, 0.3) is 0 Å². The minimum Gasteiger partial charge on any atom is -0.309 e. The predicted molar refractivity (Wildman–Crippen MR) is 298 cm³/mol. The lowest BCUT2D eigenvalue weighted by Crippen LogP contribution is -2.03. The number of aryl methyl sites for hydroxylation is 3. The summed E-state index contributed by atoms with van der Waals surface area (Å²) in [5.74, 6) is 0. The molecule has 2 heterocycles. The normalized spacial score (nSPS) is 12.3. The number of nitrogens with zero attached hydrogens (tertiary/aromatic N) is 2. The molecule has 9 aromatic carbocycles. The quantitative estimate of drug-likeness (QED) is 0.0717. The van der Waals surface area contributed by atoms with E-state index in [1.807, 2.05) is 0 Å². The first-order valence-corrected chi connectivity index (χ1v) is 25.4. The molecule has 68 heavy (non-hydrogen) atoms. The number of unbranched alkanes of at least 4 members (excludes halogenated alkanes) is 6. The molecule has 2 heteroatoms. The lowest BCUT2D eigenvalue weighted by Gasteiger charge is -2.19. The van der Waals surface area contributed by atoms with Gasteiger partial charge in [-0.05, 0) is 131 Å². The van der Waals surface area contributed by atoms with Crippen LogP contribution in [0.5, 0.6) is 0 Å². The van der Waals surface area contributed by atoms with E-state index in [0.717, 1.165) is 12.8 Å². The van der Waals surface area contributed by atoms with Gasteiger partial charge < -0.3 is 9.13 Å². The van der Waals surface area contributed by atoms with Crippen molar-refractivity contribution >= 4 is 94.2 Å². The van der Waals surface area contributed by atoms with E-state index in [2.05, 4.69) is 219 Å². The summed E-state index contributed by atoms with van der Waals surface area (Å²) in [6.45, 7) is 9.08. The molecule has 11 rings (SSSR count). The summed E-state index contributed by atoms with van der Waals surface area (Å²) in [5, 5.41) is 13.1. The summed E-state index contributed by atoms with van der Waals surface area (Å²) >= 11 is 0. The Morgan fingerprint density at radius 2 is 0.853 bits per heavy atom. The van der Waals surface area contributed by atoms with Crippen molar-refractivity contribution < 1.29 is 0 Å². The van der Waals surface area contributed by atoms with Crippen molar-refractivity contribution in [1.82, 2.24) is 9.13 Å². The fraction of sp³-hybridized carbons (Fsp3) is 0.212. The van der Waals surface area contributed by atoms with Gasteiger partial charge in [-0.25, -0.2) is 0 Å². The third-order valence-corrected chi connectivity index (χ3v) is 14.8. The Morgan fingerprint density at radius 3 is 1.41 bits per heavy atom. The van der Waals surface area contributed by atoms with Crippen LogP contribution in [0.15, 0.2) is 164 Å². The Hall–Kier alpha value is -7.16. The van der Waals surface area contributed by atoms with E-state index >= 15 is 0 Å². The van der Waals surface area contributed by atoms with Crippen LogP contribution >= 0.6 is 0 Å². The van der Waals surface area contributed by atoms with E-state index in [1.54, 1.807) is 0 Å². The van der Waals surface area contributed by atoms with Crippen LogP contribution in [0.3, 0.4) is 0 Å². The third kappa shape index (κ3) is 7.61.